The number of hydrogen-bond donors (Lipinski definition) is 2. The van der Waals surface area contributed by atoms with Crippen molar-refractivity contribution in [1.29, 1.82) is 0 Å². The lowest BCUT2D eigenvalue weighted by Crippen LogP contribution is -2.32. The van der Waals surface area contributed by atoms with E-state index in [2.05, 4.69) is 10.3 Å². The molecule has 0 amide bonds. The van der Waals surface area contributed by atoms with Gasteiger partial charge in [-0.2, -0.15) is 0 Å². The molecule has 1 aromatic heterocycles. The van der Waals surface area contributed by atoms with Crippen LogP contribution in [-0.2, 0) is 13.6 Å². The van der Waals surface area contributed by atoms with Gasteiger partial charge in [0.05, 0.1) is 12.0 Å². The zero-order valence-electron chi connectivity index (χ0n) is 7.82. The molecule has 4 nitrogen and oxygen atoms in total. The van der Waals surface area contributed by atoms with Crippen molar-refractivity contribution in [2.75, 3.05) is 6.54 Å². The molecule has 0 saturated carbocycles. The SMILES string of the molecule is Cn1cncc1CNCC(O)C(F)F. The van der Waals surface area contributed by atoms with Crippen molar-refractivity contribution in [2.45, 2.75) is 19.1 Å². The fourth-order valence-electron chi connectivity index (χ4n) is 0.992. The van der Waals surface area contributed by atoms with Crippen molar-refractivity contribution in [2.24, 2.45) is 7.05 Å². The van der Waals surface area contributed by atoms with Crippen LogP contribution in [0.2, 0.25) is 0 Å². The Balaban J connectivity index is 2.25. The molecule has 0 bridgehead atoms. The maximum atomic E-state index is 11.9. The molecule has 6 heteroatoms. The normalized spacial score (nSPS) is 13.5. The van der Waals surface area contributed by atoms with E-state index in [0.29, 0.717) is 6.54 Å². The van der Waals surface area contributed by atoms with Gasteiger partial charge in [0.25, 0.3) is 6.43 Å². The first-order valence-corrected chi connectivity index (χ1v) is 4.23. The maximum absolute atomic E-state index is 11.9. The van der Waals surface area contributed by atoms with Gasteiger partial charge in [-0.3, -0.25) is 0 Å². The van der Waals surface area contributed by atoms with E-state index in [-0.39, 0.29) is 6.54 Å². The number of halogens is 2. The molecule has 1 atom stereocenters. The lowest BCUT2D eigenvalue weighted by molar-refractivity contribution is -0.00346. The number of aliphatic hydroxyl groups excluding tert-OH is 1. The van der Waals surface area contributed by atoms with E-state index in [1.807, 2.05) is 7.05 Å². The number of hydrogen-bond acceptors (Lipinski definition) is 3. The second kappa shape index (κ2) is 5.02. The van der Waals surface area contributed by atoms with Crippen LogP contribution < -0.4 is 5.32 Å². The molecule has 0 spiro atoms. The summed E-state index contributed by atoms with van der Waals surface area (Å²) in [5.41, 5.74) is 0.881. The van der Waals surface area contributed by atoms with Crippen molar-refractivity contribution in [1.82, 2.24) is 14.9 Å². The third-order valence-electron chi connectivity index (χ3n) is 1.87. The molecule has 2 N–H and O–H groups in total. The molecular weight excluding hydrogens is 192 g/mol. The van der Waals surface area contributed by atoms with Gasteiger partial charge in [0, 0.05) is 26.3 Å². The van der Waals surface area contributed by atoms with Gasteiger partial charge in [-0.1, -0.05) is 0 Å². The number of aromatic nitrogens is 2. The second-order valence-corrected chi connectivity index (χ2v) is 3.03. The van der Waals surface area contributed by atoms with Crippen LogP contribution in [0.15, 0.2) is 12.5 Å². The molecular formula is C8H13F2N3O. The summed E-state index contributed by atoms with van der Waals surface area (Å²) in [6, 6.07) is 0. The highest BCUT2D eigenvalue weighted by atomic mass is 19.3. The molecule has 0 aliphatic heterocycles. The highest BCUT2D eigenvalue weighted by Crippen LogP contribution is 2.00. The molecule has 0 saturated heterocycles. The predicted molar refractivity (Wildman–Crippen MR) is 46.9 cm³/mol. The van der Waals surface area contributed by atoms with Gasteiger partial charge < -0.3 is 15.0 Å². The Morgan fingerprint density at radius 1 is 1.64 bits per heavy atom. The minimum absolute atomic E-state index is 0.122. The molecule has 0 aromatic carbocycles. The number of aliphatic hydroxyl groups is 1. The number of imidazole rings is 1. The standard InChI is InChI=1S/C8H13F2N3O/c1-13-5-12-3-6(13)2-11-4-7(14)8(9)10/h3,5,7-8,11,14H,2,4H2,1H3. The van der Waals surface area contributed by atoms with E-state index < -0.39 is 12.5 Å². The topological polar surface area (TPSA) is 50.1 Å². The maximum Gasteiger partial charge on any atom is 0.265 e. The molecule has 14 heavy (non-hydrogen) atoms. The number of aryl methyl sites for hydroxylation is 1. The fraction of sp³-hybridized carbons (Fsp3) is 0.625. The minimum Gasteiger partial charge on any atom is -0.386 e. The summed E-state index contributed by atoms with van der Waals surface area (Å²) in [4.78, 5) is 3.87. The molecule has 0 radical (unpaired) electrons. The zero-order valence-corrected chi connectivity index (χ0v) is 7.82. The number of nitrogens with zero attached hydrogens (tertiary/aromatic N) is 2. The lowest BCUT2D eigenvalue weighted by atomic mass is 10.3. The number of alkyl halides is 2. The Kier molecular flexibility index (Phi) is 3.97. The van der Waals surface area contributed by atoms with Crippen molar-refractivity contribution >= 4 is 0 Å². The molecule has 80 valence electrons. The van der Waals surface area contributed by atoms with Gasteiger partial charge in [-0.25, -0.2) is 13.8 Å². The Bertz CT molecular complexity index is 277. The number of rotatable bonds is 5. The van der Waals surface area contributed by atoms with E-state index in [4.69, 9.17) is 5.11 Å². The third-order valence-corrected chi connectivity index (χ3v) is 1.87. The first-order valence-electron chi connectivity index (χ1n) is 4.23. The molecule has 1 aromatic rings. The molecule has 1 unspecified atom stereocenters. The Hall–Kier alpha value is -1.01. The summed E-state index contributed by atoms with van der Waals surface area (Å²) in [7, 11) is 1.81. The largest absolute Gasteiger partial charge is 0.386 e. The molecule has 0 aliphatic rings. The summed E-state index contributed by atoms with van der Waals surface area (Å²) in [6.45, 7) is 0.295. The summed E-state index contributed by atoms with van der Waals surface area (Å²) < 4.78 is 25.5. The van der Waals surface area contributed by atoms with Crippen molar-refractivity contribution < 1.29 is 13.9 Å². The Morgan fingerprint density at radius 3 is 2.86 bits per heavy atom. The van der Waals surface area contributed by atoms with Crippen molar-refractivity contribution in [3.05, 3.63) is 18.2 Å². The van der Waals surface area contributed by atoms with Crippen LogP contribution in [0, 0.1) is 0 Å². The monoisotopic (exact) mass is 205 g/mol. The van der Waals surface area contributed by atoms with Crippen LogP contribution >= 0.6 is 0 Å². The predicted octanol–water partition coefficient (Wildman–Crippen LogP) is 0.136. The summed E-state index contributed by atoms with van der Waals surface area (Å²) in [6.07, 6.45) is -1.04. The Morgan fingerprint density at radius 2 is 2.36 bits per heavy atom. The molecule has 1 rings (SSSR count). The average Bonchev–Trinajstić information content (AvgIpc) is 2.51. The first-order chi connectivity index (χ1) is 6.61. The van der Waals surface area contributed by atoms with Gasteiger partial charge in [-0.05, 0) is 0 Å². The summed E-state index contributed by atoms with van der Waals surface area (Å²) in [5, 5.41) is 11.5. The van der Waals surface area contributed by atoms with Gasteiger partial charge in [0.2, 0.25) is 0 Å². The fourth-order valence-corrected chi connectivity index (χ4v) is 0.992. The molecule has 0 fully saturated rings. The highest BCUT2D eigenvalue weighted by Gasteiger charge is 2.15. The van der Waals surface area contributed by atoms with Crippen LogP contribution in [-0.4, -0.2) is 33.7 Å². The van der Waals surface area contributed by atoms with Gasteiger partial charge in [0.15, 0.2) is 0 Å². The quantitative estimate of drug-likeness (QED) is 0.718. The van der Waals surface area contributed by atoms with Crippen LogP contribution in [0.3, 0.4) is 0 Å². The van der Waals surface area contributed by atoms with Gasteiger partial charge in [0.1, 0.15) is 6.10 Å². The first kappa shape index (κ1) is 11.1. The van der Waals surface area contributed by atoms with Crippen LogP contribution in [0.1, 0.15) is 5.69 Å². The second-order valence-electron chi connectivity index (χ2n) is 3.03. The molecule has 1 heterocycles. The summed E-state index contributed by atoms with van der Waals surface area (Å²) in [5.74, 6) is 0. The lowest BCUT2D eigenvalue weighted by Gasteiger charge is -2.10. The van der Waals surface area contributed by atoms with E-state index in [0.717, 1.165) is 5.69 Å². The van der Waals surface area contributed by atoms with E-state index >= 15 is 0 Å². The summed E-state index contributed by atoms with van der Waals surface area (Å²) >= 11 is 0. The van der Waals surface area contributed by atoms with Crippen molar-refractivity contribution in [3.8, 4) is 0 Å². The Labute approximate surface area is 80.6 Å². The third kappa shape index (κ3) is 3.04. The number of nitrogens with one attached hydrogen (secondary N) is 1. The average molecular weight is 205 g/mol. The van der Waals surface area contributed by atoms with Crippen LogP contribution in [0.5, 0.6) is 0 Å². The van der Waals surface area contributed by atoms with Gasteiger partial charge in [-0.15, -0.1) is 0 Å². The highest BCUT2D eigenvalue weighted by molar-refractivity contribution is 4.96. The van der Waals surface area contributed by atoms with E-state index in [1.54, 1.807) is 17.1 Å². The van der Waals surface area contributed by atoms with Crippen molar-refractivity contribution in [3.63, 3.8) is 0 Å². The van der Waals surface area contributed by atoms with E-state index in [1.165, 1.54) is 0 Å². The zero-order chi connectivity index (χ0) is 10.6. The van der Waals surface area contributed by atoms with Gasteiger partial charge >= 0.3 is 0 Å². The van der Waals surface area contributed by atoms with Crippen LogP contribution in [0.25, 0.3) is 0 Å². The van der Waals surface area contributed by atoms with Crippen LogP contribution in [0.4, 0.5) is 8.78 Å². The van der Waals surface area contributed by atoms with E-state index in [9.17, 15) is 8.78 Å². The molecule has 0 aliphatic carbocycles. The minimum atomic E-state index is -2.70. The smallest absolute Gasteiger partial charge is 0.265 e.